The number of ether oxygens (including phenoxy) is 1. The van der Waals surface area contributed by atoms with Crippen LogP contribution in [-0.4, -0.2) is 29.3 Å². The number of aromatic nitrogens is 3. The van der Waals surface area contributed by atoms with Gasteiger partial charge in [-0.15, -0.1) is 10.2 Å². The standard InChI is InChI=1S/C25H22ClN5OS/c1-31(2)18-13-11-16(12-14-18)23-27-21-10-6-4-8-19(21)22-24(32-23)28-25(30-29-22)33-15-17-7-3-5-9-20(17)26/h3-14,23,27H,15H2,1-2H3/t23-/m0/s1. The van der Waals surface area contributed by atoms with Gasteiger partial charge < -0.3 is 15.0 Å². The fraction of sp³-hybridized carbons (Fsp3) is 0.160. The first kappa shape index (κ1) is 21.6. The maximum atomic E-state index is 6.36. The summed E-state index contributed by atoms with van der Waals surface area (Å²) in [5, 5.41) is 13.6. The Balaban J connectivity index is 1.47. The zero-order chi connectivity index (χ0) is 22.8. The first-order chi connectivity index (χ1) is 16.1. The van der Waals surface area contributed by atoms with E-state index in [4.69, 9.17) is 21.3 Å². The van der Waals surface area contributed by atoms with Gasteiger partial charge >= 0.3 is 0 Å². The van der Waals surface area contributed by atoms with E-state index in [9.17, 15) is 0 Å². The Morgan fingerprint density at radius 1 is 0.970 bits per heavy atom. The summed E-state index contributed by atoms with van der Waals surface area (Å²) < 4.78 is 6.36. The van der Waals surface area contributed by atoms with Crippen molar-refractivity contribution in [3.8, 4) is 17.1 Å². The van der Waals surface area contributed by atoms with E-state index in [-0.39, 0.29) is 0 Å². The summed E-state index contributed by atoms with van der Waals surface area (Å²) in [5.41, 5.74) is 5.58. The van der Waals surface area contributed by atoms with Crippen LogP contribution in [0.4, 0.5) is 11.4 Å². The van der Waals surface area contributed by atoms with Crippen LogP contribution in [0.5, 0.6) is 5.88 Å². The van der Waals surface area contributed by atoms with Crippen molar-refractivity contribution in [3.05, 3.63) is 88.9 Å². The smallest absolute Gasteiger partial charge is 0.247 e. The number of hydrogen-bond acceptors (Lipinski definition) is 7. The van der Waals surface area contributed by atoms with Crippen molar-refractivity contribution in [2.75, 3.05) is 24.3 Å². The number of nitrogens with zero attached hydrogens (tertiary/aromatic N) is 4. The summed E-state index contributed by atoms with van der Waals surface area (Å²) in [7, 11) is 4.04. The number of hydrogen-bond donors (Lipinski definition) is 1. The highest BCUT2D eigenvalue weighted by molar-refractivity contribution is 7.98. The van der Waals surface area contributed by atoms with Gasteiger partial charge in [-0.05, 0) is 29.8 Å². The Hall–Kier alpha value is -3.29. The fourth-order valence-electron chi connectivity index (χ4n) is 3.56. The lowest BCUT2D eigenvalue weighted by Gasteiger charge is -2.20. The Bertz CT molecular complexity index is 1280. The second-order valence-electron chi connectivity index (χ2n) is 7.80. The van der Waals surface area contributed by atoms with Crippen molar-refractivity contribution in [3.63, 3.8) is 0 Å². The lowest BCUT2D eigenvalue weighted by atomic mass is 10.1. The molecule has 3 aromatic carbocycles. The molecule has 1 aromatic heterocycles. The topological polar surface area (TPSA) is 63.2 Å². The molecule has 0 unspecified atom stereocenters. The van der Waals surface area contributed by atoms with Crippen LogP contribution in [-0.2, 0) is 5.75 Å². The quantitative estimate of drug-likeness (QED) is 0.352. The Kier molecular flexibility index (Phi) is 6.07. The Morgan fingerprint density at radius 2 is 1.73 bits per heavy atom. The molecule has 0 saturated carbocycles. The zero-order valence-electron chi connectivity index (χ0n) is 18.2. The molecule has 33 heavy (non-hydrogen) atoms. The van der Waals surface area contributed by atoms with Gasteiger partial charge in [-0.2, -0.15) is 4.98 Å². The fourth-order valence-corrected chi connectivity index (χ4v) is 4.63. The van der Waals surface area contributed by atoms with E-state index in [0.717, 1.165) is 33.1 Å². The number of nitrogens with one attached hydrogen (secondary N) is 1. The van der Waals surface area contributed by atoms with E-state index < -0.39 is 6.23 Å². The normalized spacial score (nSPS) is 14.3. The molecular weight excluding hydrogens is 454 g/mol. The number of halogens is 1. The first-order valence-corrected chi connectivity index (χ1v) is 11.9. The summed E-state index contributed by atoms with van der Waals surface area (Å²) in [6, 6.07) is 24.0. The number of fused-ring (bicyclic) bond motifs is 3. The van der Waals surface area contributed by atoms with Crippen molar-refractivity contribution in [2.24, 2.45) is 0 Å². The number of benzene rings is 3. The van der Waals surface area contributed by atoms with Gasteiger partial charge in [-0.3, -0.25) is 0 Å². The predicted octanol–water partition coefficient (Wildman–Crippen LogP) is 6.05. The van der Waals surface area contributed by atoms with Crippen LogP contribution in [0.25, 0.3) is 11.3 Å². The number of rotatable bonds is 5. The van der Waals surface area contributed by atoms with Crippen molar-refractivity contribution in [1.82, 2.24) is 15.2 Å². The van der Waals surface area contributed by atoms with Crippen LogP contribution in [0, 0.1) is 0 Å². The third-order valence-corrected chi connectivity index (χ3v) is 6.62. The molecule has 2 heterocycles. The molecule has 1 aliphatic rings. The molecule has 5 rings (SSSR count). The highest BCUT2D eigenvalue weighted by Crippen LogP contribution is 2.40. The van der Waals surface area contributed by atoms with E-state index in [1.807, 2.05) is 62.6 Å². The van der Waals surface area contributed by atoms with Crippen LogP contribution in [0.1, 0.15) is 17.4 Å². The highest BCUT2D eigenvalue weighted by Gasteiger charge is 2.26. The minimum atomic E-state index is -0.415. The molecular formula is C25H22ClN5OS. The van der Waals surface area contributed by atoms with Gasteiger partial charge in [0.2, 0.25) is 11.0 Å². The summed E-state index contributed by atoms with van der Waals surface area (Å²) in [5.74, 6) is 1.09. The van der Waals surface area contributed by atoms with Crippen LogP contribution >= 0.6 is 23.4 Å². The molecule has 1 atom stereocenters. The van der Waals surface area contributed by atoms with Crippen LogP contribution < -0.4 is 15.0 Å². The number of thioether (sulfide) groups is 1. The summed E-state index contributed by atoms with van der Waals surface area (Å²) in [6.07, 6.45) is -0.415. The molecule has 1 aliphatic heterocycles. The molecule has 0 spiro atoms. The molecule has 0 aliphatic carbocycles. The van der Waals surface area contributed by atoms with Gasteiger partial charge in [0.1, 0.15) is 0 Å². The third-order valence-electron chi connectivity index (χ3n) is 5.36. The van der Waals surface area contributed by atoms with Crippen molar-refractivity contribution in [2.45, 2.75) is 17.1 Å². The molecule has 166 valence electrons. The number of para-hydroxylation sites is 1. The molecule has 0 saturated heterocycles. The average molecular weight is 476 g/mol. The lowest BCUT2D eigenvalue weighted by molar-refractivity contribution is 0.225. The molecule has 4 aromatic rings. The van der Waals surface area contributed by atoms with Gasteiger partial charge in [0.25, 0.3) is 0 Å². The molecule has 8 heteroatoms. The van der Waals surface area contributed by atoms with E-state index in [0.29, 0.717) is 22.5 Å². The monoisotopic (exact) mass is 475 g/mol. The van der Waals surface area contributed by atoms with Gasteiger partial charge in [-0.1, -0.05) is 71.9 Å². The summed E-state index contributed by atoms with van der Waals surface area (Å²) >= 11 is 7.77. The minimum absolute atomic E-state index is 0.415. The minimum Gasteiger partial charge on any atom is -0.448 e. The largest absolute Gasteiger partial charge is 0.448 e. The summed E-state index contributed by atoms with van der Waals surface area (Å²) in [6.45, 7) is 0. The van der Waals surface area contributed by atoms with E-state index in [2.05, 4.69) is 44.7 Å². The first-order valence-electron chi connectivity index (χ1n) is 10.5. The molecule has 0 fully saturated rings. The van der Waals surface area contributed by atoms with E-state index in [1.54, 1.807) is 0 Å². The Morgan fingerprint density at radius 3 is 2.52 bits per heavy atom. The van der Waals surface area contributed by atoms with E-state index in [1.165, 1.54) is 11.8 Å². The summed E-state index contributed by atoms with van der Waals surface area (Å²) in [4.78, 5) is 6.78. The molecule has 1 N–H and O–H groups in total. The average Bonchev–Trinajstić information content (AvgIpc) is 3.00. The maximum absolute atomic E-state index is 6.36. The third kappa shape index (κ3) is 4.60. The Labute approximate surface area is 202 Å². The van der Waals surface area contributed by atoms with Crippen LogP contribution in [0.15, 0.2) is 78.0 Å². The lowest BCUT2D eigenvalue weighted by Crippen LogP contribution is -2.17. The van der Waals surface area contributed by atoms with Crippen LogP contribution in [0.3, 0.4) is 0 Å². The highest BCUT2D eigenvalue weighted by atomic mass is 35.5. The molecule has 0 radical (unpaired) electrons. The van der Waals surface area contributed by atoms with Gasteiger partial charge in [0.15, 0.2) is 11.9 Å². The van der Waals surface area contributed by atoms with Crippen molar-refractivity contribution >= 4 is 34.7 Å². The predicted molar refractivity (Wildman–Crippen MR) is 134 cm³/mol. The van der Waals surface area contributed by atoms with E-state index >= 15 is 0 Å². The van der Waals surface area contributed by atoms with Crippen molar-refractivity contribution in [1.29, 1.82) is 0 Å². The SMILES string of the molecule is CN(C)c1ccc([C@H]2Nc3ccccc3-c3nnc(SCc4ccccc4Cl)nc3O2)cc1. The second-order valence-corrected chi connectivity index (χ2v) is 9.15. The van der Waals surface area contributed by atoms with Crippen molar-refractivity contribution < 1.29 is 4.74 Å². The second kappa shape index (κ2) is 9.29. The van der Waals surface area contributed by atoms with Gasteiger partial charge in [0, 0.05) is 47.4 Å². The number of anilines is 2. The maximum Gasteiger partial charge on any atom is 0.247 e. The molecule has 6 nitrogen and oxygen atoms in total. The van der Waals surface area contributed by atoms with Crippen LogP contribution in [0.2, 0.25) is 5.02 Å². The van der Waals surface area contributed by atoms with Gasteiger partial charge in [0.05, 0.1) is 0 Å². The molecule has 0 amide bonds. The zero-order valence-corrected chi connectivity index (χ0v) is 19.8. The molecule has 0 bridgehead atoms. The van der Waals surface area contributed by atoms with Gasteiger partial charge in [-0.25, -0.2) is 0 Å².